The van der Waals surface area contributed by atoms with Crippen molar-refractivity contribution in [3.05, 3.63) is 162 Å². The molecule has 7 aromatic rings. The van der Waals surface area contributed by atoms with Crippen LogP contribution in [0.1, 0.15) is 82.6 Å². The van der Waals surface area contributed by atoms with E-state index in [0.717, 1.165) is 34.0 Å². The smallest absolute Gasteiger partial charge is 0.371 e. The fourth-order valence-electron chi connectivity index (χ4n) is 7.25. The van der Waals surface area contributed by atoms with Gasteiger partial charge in [-0.3, -0.25) is 4.98 Å². The van der Waals surface area contributed by atoms with E-state index in [1.807, 2.05) is 12.4 Å². The third-order valence-electron chi connectivity index (χ3n) is 10.2. The molecule has 0 bridgehead atoms. The molecule has 280 valence electrons. The van der Waals surface area contributed by atoms with Crippen molar-refractivity contribution in [1.82, 2.24) is 14.5 Å². The number of anilines is 2. The summed E-state index contributed by atoms with van der Waals surface area (Å²) in [5.41, 5.74) is 15.6. The molecule has 0 unspecified atom stereocenters. The minimum Gasteiger partial charge on any atom is -0.371 e. The topological polar surface area (TPSA) is 34.0 Å². The fourth-order valence-corrected chi connectivity index (χ4v) is 7.25. The van der Waals surface area contributed by atoms with Crippen molar-refractivity contribution < 1.29 is 21.1 Å². The van der Waals surface area contributed by atoms with Crippen molar-refractivity contribution in [1.29, 1.82) is 0 Å². The van der Waals surface area contributed by atoms with Crippen molar-refractivity contribution >= 4 is 11.4 Å². The Bertz CT molecular complexity index is 2370. The zero-order valence-electron chi connectivity index (χ0n) is 33.4. The molecule has 5 aromatic carbocycles. The van der Waals surface area contributed by atoms with E-state index in [9.17, 15) is 0 Å². The Kier molecular flexibility index (Phi) is 11.8. The van der Waals surface area contributed by atoms with Crippen LogP contribution in [0, 0.1) is 26.0 Å². The van der Waals surface area contributed by atoms with Gasteiger partial charge in [0.2, 0.25) is 0 Å². The Morgan fingerprint density at radius 3 is 1.71 bits per heavy atom. The average Bonchev–Trinajstić information content (AvgIpc) is 3.65. The number of nitrogens with zero attached hydrogens (tertiary/aromatic N) is 4. The van der Waals surface area contributed by atoms with E-state index in [1.54, 1.807) is 0 Å². The van der Waals surface area contributed by atoms with E-state index >= 15 is 0 Å². The van der Waals surface area contributed by atoms with Gasteiger partial charge in [0.1, 0.15) is 0 Å². The second-order valence-corrected chi connectivity index (χ2v) is 15.9. The quantitative estimate of drug-likeness (QED) is 0.135. The maximum Gasteiger partial charge on any atom is 2.00 e. The van der Waals surface area contributed by atoms with Gasteiger partial charge < -0.3 is 14.5 Å². The average molecular weight is 902 g/mol. The summed E-state index contributed by atoms with van der Waals surface area (Å²) in [5.74, 6) is 1.45. The first kappa shape index (κ1) is 39.6. The molecule has 0 fully saturated rings. The second-order valence-electron chi connectivity index (χ2n) is 15.9. The summed E-state index contributed by atoms with van der Waals surface area (Å²) in [5, 5.41) is 0. The first-order valence-corrected chi connectivity index (χ1v) is 19.1. The van der Waals surface area contributed by atoms with Crippen molar-refractivity contribution in [3.8, 4) is 50.6 Å². The molecule has 0 aliphatic heterocycles. The Labute approximate surface area is 342 Å². The SMILES string of the molecule is Cc1cnc(-c2[c-]c(N(c3[c-]c(-c4nccn4-c4c(C(C)C)cc(-c5ccc(-c6ccccc6)cc5)cc4C(C)C)ccc3)C(C)(C)C)ccc2)cc1C.[Pt+2]. The molecule has 0 amide bonds. The molecule has 0 aliphatic rings. The van der Waals surface area contributed by atoms with Crippen LogP contribution >= 0.6 is 0 Å². The third kappa shape index (κ3) is 8.31. The van der Waals surface area contributed by atoms with E-state index in [4.69, 9.17) is 9.97 Å². The molecule has 0 spiro atoms. The van der Waals surface area contributed by atoms with Gasteiger partial charge in [-0.15, -0.1) is 59.7 Å². The number of benzene rings is 5. The van der Waals surface area contributed by atoms with Gasteiger partial charge in [-0.1, -0.05) is 93.9 Å². The molecule has 0 saturated carbocycles. The zero-order chi connectivity index (χ0) is 38.1. The Balaban J connectivity index is 0.00000514. The Morgan fingerprint density at radius 2 is 1.15 bits per heavy atom. The van der Waals surface area contributed by atoms with Crippen LogP contribution < -0.4 is 4.90 Å². The van der Waals surface area contributed by atoms with Gasteiger partial charge in [0, 0.05) is 29.8 Å². The van der Waals surface area contributed by atoms with E-state index in [2.05, 4.69) is 199 Å². The van der Waals surface area contributed by atoms with Crippen LogP contribution in [0.15, 0.2) is 128 Å². The van der Waals surface area contributed by atoms with E-state index in [-0.39, 0.29) is 38.4 Å². The molecule has 55 heavy (non-hydrogen) atoms. The number of rotatable bonds is 9. The number of aromatic nitrogens is 3. The molecule has 5 heteroatoms. The normalized spacial score (nSPS) is 11.5. The van der Waals surface area contributed by atoms with Gasteiger partial charge >= 0.3 is 21.1 Å². The van der Waals surface area contributed by atoms with E-state index in [1.165, 1.54) is 50.2 Å². The van der Waals surface area contributed by atoms with Crippen LogP contribution in [-0.2, 0) is 21.1 Å². The van der Waals surface area contributed by atoms with Crippen LogP contribution in [0.4, 0.5) is 11.4 Å². The standard InChI is InChI=1S/C50H50N4.Pt/c1-33(2)45-30-42(39-23-21-38(22-24-39)37-15-11-10-12-16-37)31-46(34(3)4)48(45)53-26-25-51-49(53)41-18-14-20-44(29-41)54(50(7,8)9)43-19-13-17-40(28-43)47-27-35(5)36(6)32-52-47;/h10-27,30-34H,1-9H3;/q-2;+2. The van der Waals surface area contributed by atoms with Crippen molar-refractivity contribution in [3.63, 3.8) is 0 Å². The van der Waals surface area contributed by atoms with Crippen molar-refractivity contribution in [2.45, 2.75) is 79.7 Å². The molecule has 7 rings (SSSR count). The first-order chi connectivity index (χ1) is 25.9. The number of aryl methyl sites for hydroxylation is 2. The molecule has 0 saturated heterocycles. The van der Waals surface area contributed by atoms with Gasteiger partial charge in [-0.25, -0.2) is 0 Å². The van der Waals surface area contributed by atoms with Gasteiger partial charge in [0.25, 0.3) is 0 Å². The van der Waals surface area contributed by atoms with Crippen LogP contribution in [0.5, 0.6) is 0 Å². The summed E-state index contributed by atoms with van der Waals surface area (Å²) in [4.78, 5) is 12.0. The predicted molar refractivity (Wildman–Crippen MR) is 227 cm³/mol. The summed E-state index contributed by atoms with van der Waals surface area (Å²) >= 11 is 0. The third-order valence-corrected chi connectivity index (χ3v) is 10.2. The summed E-state index contributed by atoms with van der Waals surface area (Å²) in [6.45, 7) is 20.0. The molecule has 2 aromatic heterocycles. The minimum absolute atomic E-state index is 0. The van der Waals surface area contributed by atoms with Gasteiger partial charge in [-0.05, 0) is 115 Å². The molecule has 0 N–H and O–H groups in total. The first-order valence-electron chi connectivity index (χ1n) is 19.1. The number of pyridine rings is 1. The summed E-state index contributed by atoms with van der Waals surface area (Å²) < 4.78 is 2.28. The summed E-state index contributed by atoms with van der Waals surface area (Å²) in [7, 11) is 0. The Hall–Kier alpha value is -5.05. The van der Waals surface area contributed by atoms with Gasteiger partial charge in [0.05, 0.1) is 5.82 Å². The second kappa shape index (κ2) is 16.4. The zero-order valence-corrected chi connectivity index (χ0v) is 35.7. The number of hydrogen-bond acceptors (Lipinski definition) is 3. The predicted octanol–water partition coefficient (Wildman–Crippen LogP) is 13.3. The van der Waals surface area contributed by atoms with Crippen LogP contribution in [0.2, 0.25) is 0 Å². The maximum absolute atomic E-state index is 4.98. The van der Waals surface area contributed by atoms with Crippen LogP contribution in [-0.4, -0.2) is 20.1 Å². The summed E-state index contributed by atoms with van der Waals surface area (Å²) in [6, 6.07) is 46.6. The molecule has 0 radical (unpaired) electrons. The fraction of sp³-hybridized carbons (Fsp3) is 0.240. The van der Waals surface area contributed by atoms with Crippen molar-refractivity contribution in [2.75, 3.05) is 4.90 Å². The van der Waals surface area contributed by atoms with Crippen LogP contribution in [0.3, 0.4) is 0 Å². The number of hydrogen-bond donors (Lipinski definition) is 0. The molecule has 0 atom stereocenters. The largest absolute Gasteiger partial charge is 2.00 e. The molecule has 0 aliphatic carbocycles. The van der Waals surface area contributed by atoms with Gasteiger partial charge in [-0.2, -0.15) is 0 Å². The minimum atomic E-state index is -0.263. The van der Waals surface area contributed by atoms with Crippen LogP contribution in [0.25, 0.3) is 50.6 Å². The molecule has 2 heterocycles. The van der Waals surface area contributed by atoms with E-state index in [0.29, 0.717) is 0 Å². The van der Waals surface area contributed by atoms with Gasteiger partial charge in [0.15, 0.2) is 0 Å². The molecular weight excluding hydrogens is 852 g/mol. The maximum atomic E-state index is 4.98. The van der Waals surface area contributed by atoms with E-state index < -0.39 is 0 Å². The summed E-state index contributed by atoms with van der Waals surface area (Å²) in [6.07, 6.45) is 5.96. The Morgan fingerprint density at radius 1 is 0.600 bits per heavy atom. The molecular formula is C50H50N4Pt. The number of imidazole rings is 1. The monoisotopic (exact) mass is 901 g/mol. The van der Waals surface area contributed by atoms with Crippen molar-refractivity contribution in [2.24, 2.45) is 0 Å². The molecule has 4 nitrogen and oxygen atoms in total.